The van der Waals surface area contributed by atoms with Crippen LogP contribution in [0.5, 0.6) is 0 Å². The lowest BCUT2D eigenvalue weighted by Crippen LogP contribution is -2.36. The topological polar surface area (TPSA) is 54.0 Å². The fraction of sp³-hybridized carbons (Fsp3) is 1.00. The molecular weight excluding hydrogens is 255 g/mol. The van der Waals surface area contributed by atoms with Gasteiger partial charge in [0.2, 0.25) is 0 Å². The molecule has 108 valence electrons. The monoisotopic (exact) mass is 280 g/mol. The Balaban J connectivity index is 2.57. The SMILES string of the molecule is CC(C)OP(C)(=O)OC1COCC1OC(C)(C)C. The summed E-state index contributed by atoms with van der Waals surface area (Å²) in [7, 11) is -3.06. The van der Waals surface area contributed by atoms with Gasteiger partial charge in [-0.25, -0.2) is 0 Å². The summed E-state index contributed by atoms with van der Waals surface area (Å²) in [5.41, 5.74) is -0.281. The molecule has 1 saturated heterocycles. The highest BCUT2D eigenvalue weighted by Crippen LogP contribution is 2.47. The van der Waals surface area contributed by atoms with Crippen molar-refractivity contribution < 1.29 is 23.1 Å². The van der Waals surface area contributed by atoms with E-state index in [1.54, 1.807) is 0 Å². The fourth-order valence-electron chi connectivity index (χ4n) is 1.83. The summed E-state index contributed by atoms with van der Waals surface area (Å²) in [6.07, 6.45) is -0.669. The molecule has 0 N–H and O–H groups in total. The lowest BCUT2D eigenvalue weighted by molar-refractivity contribution is -0.0896. The smallest absolute Gasteiger partial charge is 0.328 e. The van der Waals surface area contributed by atoms with Crippen molar-refractivity contribution in [2.45, 2.75) is 58.5 Å². The van der Waals surface area contributed by atoms with Gasteiger partial charge in [0.15, 0.2) is 0 Å². The summed E-state index contributed by atoms with van der Waals surface area (Å²) in [6.45, 7) is 11.9. The summed E-state index contributed by atoms with van der Waals surface area (Å²) < 4.78 is 34.2. The molecule has 0 spiro atoms. The average Bonchev–Trinajstić information content (AvgIpc) is 2.45. The summed E-state index contributed by atoms with van der Waals surface area (Å²) in [6, 6.07) is 0. The Bertz CT molecular complexity index is 310. The van der Waals surface area contributed by atoms with E-state index in [-0.39, 0.29) is 23.9 Å². The van der Waals surface area contributed by atoms with Crippen LogP contribution >= 0.6 is 7.60 Å². The minimum Gasteiger partial charge on any atom is -0.376 e. The first-order valence-electron chi connectivity index (χ1n) is 6.29. The molecule has 1 rings (SSSR count). The van der Waals surface area contributed by atoms with Gasteiger partial charge in [0.25, 0.3) is 0 Å². The van der Waals surface area contributed by atoms with Crippen molar-refractivity contribution >= 4 is 7.60 Å². The molecule has 1 aliphatic rings. The largest absolute Gasteiger partial charge is 0.376 e. The van der Waals surface area contributed by atoms with Crippen LogP contribution in [0.2, 0.25) is 0 Å². The molecule has 1 aliphatic heterocycles. The summed E-state index contributed by atoms with van der Waals surface area (Å²) in [5, 5.41) is 0. The third-order valence-corrected chi connectivity index (χ3v) is 3.67. The molecule has 1 fully saturated rings. The highest BCUT2D eigenvalue weighted by molar-refractivity contribution is 7.53. The van der Waals surface area contributed by atoms with Gasteiger partial charge in [-0.3, -0.25) is 4.57 Å². The summed E-state index contributed by atoms with van der Waals surface area (Å²) in [4.78, 5) is 0. The lowest BCUT2D eigenvalue weighted by Gasteiger charge is -2.29. The van der Waals surface area contributed by atoms with Gasteiger partial charge in [0, 0.05) is 6.66 Å². The molecule has 3 unspecified atom stereocenters. The van der Waals surface area contributed by atoms with Crippen LogP contribution in [0, 0.1) is 0 Å². The molecule has 0 aliphatic carbocycles. The quantitative estimate of drug-likeness (QED) is 0.725. The van der Waals surface area contributed by atoms with Crippen molar-refractivity contribution in [2.24, 2.45) is 0 Å². The lowest BCUT2D eigenvalue weighted by atomic mass is 10.1. The molecule has 6 heteroatoms. The van der Waals surface area contributed by atoms with E-state index in [0.29, 0.717) is 13.2 Å². The minimum absolute atomic E-state index is 0.134. The molecule has 0 aromatic carbocycles. The Kier molecular flexibility index (Phi) is 5.39. The molecule has 0 aromatic heterocycles. The first-order chi connectivity index (χ1) is 8.09. The Hall–Kier alpha value is 0.0700. The summed E-state index contributed by atoms with van der Waals surface area (Å²) in [5.74, 6) is 0. The molecule has 0 saturated carbocycles. The molecule has 1 heterocycles. The second-order valence-electron chi connectivity index (χ2n) is 5.88. The normalized spacial score (nSPS) is 28.6. The predicted molar refractivity (Wildman–Crippen MR) is 70.1 cm³/mol. The average molecular weight is 280 g/mol. The van der Waals surface area contributed by atoms with E-state index in [1.807, 2.05) is 34.6 Å². The number of hydrogen-bond donors (Lipinski definition) is 0. The van der Waals surface area contributed by atoms with Crippen LogP contribution in [0.3, 0.4) is 0 Å². The maximum atomic E-state index is 12.1. The zero-order valence-electron chi connectivity index (χ0n) is 12.1. The van der Waals surface area contributed by atoms with E-state index in [9.17, 15) is 4.57 Å². The van der Waals surface area contributed by atoms with E-state index in [1.165, 1.54) is 6.66 Å². The molecular formula is C12H25O5P. The van der Waals surface area contributed by atoms with Gasteiger partial charge in [-0.2, -0.15) is 0 Å². The van der Waals surface area contributed by atoms with Gasteiger partial charge in [0.1, 0.15) is 12.2 Å². The molecule has 0 aromatic rings. The van der Waals surface area contributed by atoms with E-state index in [0.717, 1.165) is 0 Å². The highest BCUT2D eigenvalue weighted by atomic mass is 31.2. The Morgan fingerprint density at radius 3 is 2.28 bits per heavy atom. The molecule has 0 radical (unpaired) electrons. The van der Waals surface area contributed by atoms with E-state index < -0.39 is 7.60 Å². The molecule has 3 atom stereocenters. The van der Waals surface area contributed by atoms with Crippen LogP contribution in [0.15, 0.2) is 0 Å². The van der Waals surface area contributed by atoms with Gasteiger partial charge < -0.3 is 18.5 Å². The summed E-state index contributed by atoms with van der Waals surface area (Å²) >= 11 is 0. The van der Waals surface area contributed by atoms with Gasteiger partial charge in [0.05, 0.1) is 24.9 Å². The third-order valence-electron chi connectivity index (χ3n) is 2.21. The first-order valence-corrected chi connectivity index (χ1v) is 8.28. The van der Waals surface area contributed by atoms with Crippen molar-refractivity contribution in [2.75, 3.05) is 19.9 Å². The maximum absolute atomic E-state index is 12.1. The molecule has 5 nitrogen and oxygen atoms in total. The zero-order valence-corrected chi connectivity index (χ0v) is 13.0. The highest BCUT2D eigenvalue weighted by Gasteiger charge is 2.37. The number of hydrogen-bond acceptors (Lipinski definition) is 5. The second kappa shape index (κ2) is 6.02. The van der Waals surface area contributed by atoms with Gasteiger partial charge in [-0.05, 0) is 34.6 Å². The van der Waals surface area contributed by atoms with Crippen LogP contribution in [0.25, 0.3) is 0 Å². The van der Waals surface area contributed by atoms with Crippen LogP contribution in [0.1, 0.15) is 34.6 Å². The van der Waals surface area contributed by atoms with E-state index in [4.69, 9.17) is 18.5 Å². The molecule has 0 amide bonds. The fourth-order valence-corrected chi connectivity index (χ4v) is 3.34. The zero-order chi connectivity index (χ0) is 14.0. The van der Waals surface area contributed by atoms with Gasteiger partial charge in [-0.1, -0.05) is 0 Å². The molecule has 18 heavy (non-hydrogen) atoms. The number of rotatable bonds is 5. The Morgan fingerprint density at radius 1 is 1.22 bits per heavy atom. The second-order valence-corrected chi connectivity index (χ2v) is 7.84. The van der Waals surface area contributed by atoms with E-state index in [2.05, 4.69) is 0 Å². The maximum Gasteiger partial charge on any atom is 0.328 e. The Morgan fingerprint density at radius 2 is 1.78 bits per heavy atom. The van der Waals surface area contributed by atoms with Crippen molar-refractivity contribution in [3.63, 3.8) is 0 Å². The first kappa shape index (κ1) is 16.1. The van der Waals surface area contributed by atoms with Gasteiger partial charge in [-0.15, -0.1) is 0 Å². The predicted octanol–water partition coefficient (Wildman–Crippen LogP) is 2.83. The van der Waals surface area contributed by atoms with Crippen molar-refractivity contribution in [3.8, 4) is 0 Å². The van der Waals surface area contributed by atoms with Crippen molar-refractivity contribution in [1.82, 2.24) is 0 Å². The Labute approximate surface area is 110 Å². The van der Waals surface area contributed by atoms with Crippen LogP contribution in [-0.2, 0) is 23.1 Å². The standard InChI is InChI=1S/C12H25O5P/c1-9(2)16-18(6,13)17-11-8-14-7-10(11)15-12(3,4)5/h9-11H,7-8H2,1-6H3. The van der Waals surface area contributed by atoms with E-state index >= 15 is 0 Å². The third kappa shape index (κ3) is 5.81. The van der Waals surface area contributed by atoms with Crippen molar-refractivity contribution in [3.05, 3.63) is 0 Å². The molecule has 0 bridgehead atoms. The van der Waals surface area contributed by atoms with Crippen molar-refractivity contribution in [1.29, 1.82) is 0 Å². The van der Waals surface area contributed by atoms with Gasteiger partial charge >= 0.3 is 7.60 Å². The minimum atomic E-state index is -3.06. The van der Waals surface area contributed by atoms with Crippen LogP contribution in [0.4, 0.5) is 0 Å². The van der Waals surface area contributed by atoms with Crippen LogP contribution in [-0.4, -0.2) is 43.8 Å². The van der Waals surface area contributed by atoms with Crippen LogP contribution < -0.4 is 0 Å². The number of ether oxygens (including phenoxy) is 2.